The van der Waals surface area contributed by atoms with E-state index in [2.05, 4.69) is 23.8 Å². The second kappa shape index (κ2) is 11.8. The van der Waals surface area contributed by atoms with Crippen molar-refractivity contribution >= 4 is 0 Å². The predicted octanol–water partition coefficient (Wildman–Crippen LogP) is 8.51. The van der Waals surface area contributed by atoms with Crippen molar-refractivity contribution in [1.29, 1.82) is 0 Å². The van der Waals surface area contributed by atoms with Crippen molar-refractivity contribution in [2.75, 3.05) is 0 Å². The van der Waals surface area contributed by atoms with Crippen LogP contribution < -0.4 is 0 Å². The number of unbranched alkanes of at least 4 members (excludes halogenated alkanes) is 2. The number of hydrogen-bond acceptors (Lipinski definition) is 2. The molecule has 0 saturated heterocycles. The van der Waals surface area contributed by atoms with Gasteiger partial charge in [-0.15, -0.1) is 0 Å². The van der Waals surface area contributed by atoms with Gasteiger partial charge in [-0.05, 0) is 106 Å². The zero-order valence-electron chi connectivity index (χ0n) is 20.5. The van der Waals surface area contributed by atoms with Gasteiger partial charge in [0, 0.05) is 18.3 Å². The van der Waals surface area contributed by atoms with Crippen LogP contribution in [0.2, 0.25) is 0 Å². The number of aryl methyl sites for hydroxylation is 1. The van der Waals surface area contributed by atoms with E-state index in [4.69, 9.17) is 0 Å². The van der Waals surface area contributed by atoms with Crippen LogP contribution in [-0.4, -0.2) is 9.97 Å². The normalized spacial score (nSPS) is 34.5. The molecule has 2 nitrogen and oxygen atoms in total. The maximum absolute atomic E-state index is 4.69. The van der Waals surface area contributed by atoms with Crippen LogP contribution in [0.15, 0.2) is 12.4 Å². The molecule has 1 aromatic rings. The molecule has 1 heterocycles. The summed E-state index contributed by atoms with van der Waals surface area (Å²) < 4.78 is 0. The summed E-state index contributed by atoms with van der Waals surface area (Å²) in [6, 6.07) is 0. The summed E-state index contributed by atoms with van der Waals surface area (Å²) in [5, 5.41) is 0. The van der Waals surface area contributed by atoms with Crippen LogP contribution in [0.4, 0.5) is 0 Å². The number of rotatable bonds is 8. The standard InChI is InChI=1S/C29H48N2/c1-3-5-6-7-23-8-10-24(11-9-23)25-12-14-26(15-13-25)27-16-18-28(19-17-27)29-30-20-22(4-2)21-31-29/h20-21,23-28H,3-19H2,1-2H3. The first kappa shape index (κ1) is 23.2. The Balaban J connectivity index is 1.15. The van der Waals surface area contributed by atoms with Crippen molar-refractivity contribution in [3.05, 3.63) is 23.8 Å². The van der Waals surface area contributed by atoms with Crippen LogP contribution in [0.25, 0.3) is 0 Å². The molecule has 0 aliphatic heterocycles. The highest BCUT2D eigenvalue weighted by Gasteiger charge is 2.35. The van der Waals surface area contributed by atoms with Crippen LogP contribution in [-0.2, 0) is 6.42 Å². The Kier molecular flexibility index (Phi) is 8.85. The van der Waals surface area contributed by atoms with Crippen LogP contribution in [0.3, 0.4) is 0 Å². The molecule has 3 fully saturated rings. The van der Waals surface area contributed by atoms with Gasteiger partial charge in [-0.2, -0.15) is 0 Å². The molecule has 0 radical (unpaired) electrons. The van der Waals surface area contributed by atoms with Crippen molar-refractivity contribution in [1.82, 2.24) is 9.97 Å². The minimum absolute atomic E-state index is 0.617. The van der Waals surface area contributed by atoms with Gasteiger partial charge in [0.25, 0.3) is 0 Å². The lowest BCUT2D eigenvalue weighted by Crippen LogP contribution is -2.29. The molecule has 3 aliphatic carbocycles. The molecular weight excluding hydrogens is 376 g/mol. The molecule has 0 amide bonds. The molecule has 3 aliphatic rings. The summed E-state index contributed by atoms with van der Waals surface area (Å²) in [7, 11) is 0. The minimum atomic E-state index is 0.617. The number of hydrogen-bond donors (Lipinski definition) is 0. The average Bonchev–Trinajstić information content (AvgIpc) is 2.85. The second-order valence-corrected chi connectivity index (χ2v) is 11.4. The van der Waals surface area contributed by atoms with Crippen molar-refractivity contribution in [2.45, 2.75) is 129 Å². The van der Waals surface area contributed by atoms with Gasteiger partial charge in [0.1, 0.15) is 5.82 Å². The minimum Gasteiger partial charge on any atom is -0.241 e. The monoisotopic (exact) mass is 424 g/mol. The first-order valence-corrected chi connectivity index (χ1v) is 14.1. The van der Waals surface area contributed by atoms with Crippen molar-refractivity contribution in [3.63, 3.8) is 0 Å². The summed E-state index contributed by atoms with van der Waals surface area (Å²) in [6.07, 6.45) is 28.7. The molecule has 0 bridgehead atoms. The summed E-state index contributed by atoms with van der Waals surface area (Å²) in [6.45, 7) is 4.51. The number of aromatic nitrogens is 2. The maximum atomic E-state index is 4.69. The molecule has 2 heteroatoms. The summed E-state index contributed by atoms with van der Waals surface area (Å²) in [5.74, 6) is 6.94. The molecular formula is C29H48N2. The van der Waals surface area contributed by atoms with Gasteiger partial charge in [-0.25, -0.2) is 9.97 Å². The van der Waals surface area contributed by atoms with Crippen LogP contribution in [0.1, 0.15) is 134 Å². The first-order valence-electron chi connectivity index (χ1n) is 14.1. The summed E-state index contributed by atoms with van der Waals surface area (Å²) >= 11 is 0. The molecule has 0 atom stereocenters. The zero-order chi connectivity index (χ0) is 21.5. The molecule has 0 N–H and O–H groups in total. The van der Waals surface area contributed by atoms with Gasteiger partial charge < -0.3 is 0 Å². The Morgan fingerprint density at radius 3 is 1.61 bits per heavy atom. The molecule has 1 aromatic heterocycles. The molecule has 0 aromatic carbocycles. The van der Waals surface area contributed by atoms with Gasteiger partial charge in [-0.3, -0.25) is 0 Å². The number of nitrogens with zero attached hydrogens (tertiary/aromatic N) is 2. The van der Waals surface area contributed by atoms with E-state index in [-0.39, 0.29) is 0 Å². The zero-order valence-corrected chi connectivity index (χ0v) is 20.5. The Morgan fingerprint density at radius 1 is 0.645 bits per heavy atom. The average molecular weight is 425 g/mol. The third-order valence-electron chi connectivity index (χ3n) is 9.53. The summed E-state index contributed by atoms with van der Waals surface area (Å²) in [4.78, 5) is 9.37. The van der Waals surface area contributed by atoms with E-state index < -0.39 is 0 Å². The van der Waals surface area contributed by atoms with Crippen molar-refractivity contribution in [2.24, 2.45) is 29.6 Å². The third-order valence-corrected chi connectivity index (χ3v) is 9.53. The van der Waals surface area contributed by atoms with Gasteiger partial charge in [0.2, 0.25) is 0 Å². The third kappa shape index (κ3) is 6.32. The van der Waals surface area contributed by atoms with E-state index >= 15 is 0 Å². The summed E-state index contributed by atoms with van der Waals surface area (Å²) in [5.41, 5.74) is 1.26. The SMILES string of the molecule is CCCCCC1CCC(C2CCC(C3CCC(c4ncc(CC)cn4)CC3)CC2)CC1. The molecule has 174 valence electrons. The molecule has 0 spiro atoms. The highest BCUT2D eigenvalue weighted by Crippen LogP contribution is 2.47. The Morgan fingerprint density at radius 2 is 1.13 bits per heavy atom. The van der Waals surface area contributed by atoms with E-state index in [1.807, 2.05) is 12.4 Å². The lowest BCUT2D eigenvalue weighted by atomic mass is 9.65. The first-order chi connectivity index (χ1) is 15.3. The van der Waals surface area contributed by atoms with Gasteiger partial charge >= 0.3 is 0 Å². The predicted molar refractivity (Wildman–Crippen MR) is 131 cm³/mol. The van der Waals surface area contributed by atoms with E-state index in [9.17, 15) is 0 Å². The van der Waals surface area contributed by atoms with Crippen LogP contribution >= 0.6 is 0 Å². The highest BCUT2D eigenvalue weighted by atomic mass is 14.9. The van der Waals surface area contributed by atoms with E-state index in [0.29, 0.717) is 5.92 Å². The Labute approximate surface area is 192 Å². The van der Waals surface area contributed by atoms with Gasteiger partial charge in [-0.1, -0.05) is 52.4 Å². The van der Waals surface area contributed by atoms with Crippen LogP contribution in [0.5, 0.6) is 0 Å². The lowest BCUT2D eigenvalue weighted by Gasteiger charge is -2.41. The van der Waals surface area contributed by atoms with E-state index in [1.54, 1.807) is 25.7 Å². The van der Waals surface area contributed by atoms with Crippen molar-refractivity contribution < 1.29 is 0 Å². The Hall–Kier alpha value is -0.920. The van der Waals surface area contributed by atoms with E-state index in [1.165, 1.54) is 82.6 Å². The maximum Gasteiger partial charge on any atom is 0.131 e. The second-order valence-electron chi connectivity index (χ2n) is 11.4. The van der Waals surface area contributed by atoms with Gasteiger partial charge in [0.15, 0.2) is 0 Å². The van der Waals surface area contributed by atoms with Gasteiger partial charge in [0.05, 0.1) is 0 Å². The fourth-order valence-electron chi connectivity index (χ4n) is 7.33. The quantitative estimate of drug-likeness (QED) is 0.391. The van der Waals surface area contributed by atoms with Crippen LogP contribution in [0, 0.1) is 29.6 Å². The van der Waals surface area contributed by atoms with Crippen molar-refractivity contribution in [3.8, 4) is 0 Å². The molecule has 31 heavy (non-hydrogen) atoms. The van der Waals surface area contributed by atoms with E-state index in [0.717, 1.165) is 41.8 Å². The topological polar surface area (TPSA) is 25.8 Å². The largest absolute Gasteiger partial charge is 0.241 e. The Bertz CT molecular complexity index is 615. The lowest BCUT2D eigenvalue weighted by molar-refractivity contribution is 0.108. The fourth-order valence-corrected chi connectivity index (χ4v) is 7.33. The fraction of sp³-hybridized carbons (Fsp3) is 0.862. The smallest absolute Gasteiger partial charge is 0.131 e. The molecule has 4 rings (SSSR count). The highest BCUT2D eigenvalue weighted by molar-refractivity contribution is 5.08. The molecule has 3 saturated carbocycles. The molecule has 0 unspecified atom stereocenters.